The summed E-state index contributed by atoms with van der Waals surface area (Å²) in [5.41, 5.74) is 0. The van der Waals surface area contributed by atoms with Crippen molar-refractivity contribution in [1.29, 1.82) is 0 Å². The molecule has 1 N–H and O–H groups in total. The molecule has 0 radical (unpaired) electrons. The van der Waals surface area contributed by atoms with E-state index in [-0.39, 0.29) is 18.1 Å². The van der Waals surface area contributed by atoms with Gasteiger partial charge in [0.2, 0.25) is 6.10 Å². The molecule has 0 aromatic heterocycles. The Bertz CT molecular complexity index is 593. The molecule has 2 aliphatic rings. The van der Waals surface area contributed by atoms with Crippen molar-refractivity contribution in [2.75, 3.05) is 32.8 Å². The second-order valence-corrected chi connectivity index (χ2v) is 7.20. The molecular weight excluding hydrogens is 320 g/mol. The first-order valence-corrected chi connectivity index (χ1v) is 9.07. The molecule has 1 saturated heterocycles. The molecule has 1 aromatic carbocycles. The van der Waals surface area contributed by atoms with Crippen molar-refractivity contribution >= 4 is 5.91 Å². The standard InChI is InChI=1S/C19H28N2O4/c1-13(2)11-21-8-9-23-15(12-21)10-20-19(22)18-14(3)24-16-6-4-5-7-17(16)25-18/h4-7,13-15,18H,8-12H2,1-3H3,(H,20,22)/t14-,15+,18-/m0/s1. The third-order valence-corrected chi connectivity index (χ3v) is 4.45. The lowest BCUT2D eigenvalue weighted by atomic mass is 10.1. The van der Waals surface area contributed by atoms with Gasteiger partial charge in [0, 0.05) is 26.2 Å². The van der Waals surface area contributed by atoms with Crippen LogP contribution < -0.4 is 14.8 Å². The van der Waals surface area contributed by atoms with Gasteiger partial charge in [0.1, 0.15) is 6.10 Å². The Balaban J connectivity index is 1.51. The number of amides is 1. The average Bonchev–Trinajstić information content (AvgIpc) is 2.59. The summed E-state index contributed by atoms with van der Waals surface area (Å²) in [5.74, 6) is 1.75. The van der Waals surface area contributed by atoms with Crippen LogP contribution in [-0.4, -0.2) is 61.9 Å². The molecule has 0 spiro atoms. The molecule has 25 heavy (non-hydrogen) atoms. The van der Waals surface area contributed by atoms with Crippen molar-refractivity contribution in [2.45, 2.75) is 39.1 Å². The summed E-state index contributed by atoms with van der Waals surface area (Å²) in [6.45, 7) is 10.3. The molecule has 138 valence electrons. The molecule has 3 rings (SSSR count). The fourth-order valence-corrected chi connectivity index (χ4v) is 3.31. The largest absolute Gasteiger partial charge is 0.482 e. The molecule has 1 aromatic rings. The quantitative estimate of drug-likeness (QED) is 0.877. The van der Waals surface area contributed by atoms with Crippen molar-refractivity contribution in [3.8, 4) is 11.5 Å². The van der Waals surface area contributed by atoms with E-state index in [9.17, 15) is 4.79 Å². The highest BCUT2D eigenvalue weighted by atomic mass is 16.6. The van der Waals surface area contributed by atoms with Gasteiger partial charge >= 0.3 is 0 Å². The number of morpholine rings is 1. The Morgan fingerprint density at radius 3 is 2.72 bits per heavy atom. The monoisotopic (exact) mass is 348 g/mol. The topological polar surface area (TPSA) is 60.0 Å². The normalized spacial score (nSPS) is 26.5. The van der Waals surface area contributed by atoms with Gasteiger partial charge in [0.05, 0.1) is 12.7 Å². The van der Waals surface area contributed by atoms with E-state index in [1.165, 1.54) is 0 Å². The van der Waals surface area contributed by atoms with Crippen LogP contribution in [0.25, 0.3) is 0 Å². The minimum atomic E-state index is -0.648. The highest BCUT2D eigenvalue weighted by Crippen LogP contribution is 2.33. The Hall–Kier alpha value is -1.79. The molecule has 1 amide bonds. The van der Waals surface area contributed by atoms with Crippen LogP contribution in [-0.2, 0) is 9.53 Å². The zero-order valence-corrected chi connectivity index (χ0v) is 15.2. The van der Waals surface area contributed by atoms with Crippen molar-refractivity contribution in [3.63, 3.8) is 0 Å². The molecule has 3 atom stereocenters. The van der Waals surface area contributed by atoms with E-state index in [1.807, 2.05) is 31.2 Å². The first-order chi connectivity index (χ1) is 12.0. The van der Waals surface area contributed by atoms with Gasteiger partial charge in [0.25, 0.3) is 5.91 Å². The van der Waals surface area contributed by atoms with Crippen LogP contribution >= 0.6 is 0 Å². The van der Waals surface area contributed by atoms with E-state index in [1.54, 1.807) is 0 Å². The van der Waals surface area contributed by atoms with E-state index >= 15 is 0 Å². The van der Waals surface area contributed by atoms with E-state index in [4.69, 9.17) is 14.2 Å². The van der Waals surface area contributed by atoms with E-state index in [0.717, 1.165) is 19.6 Å². The van der Waals surface area contributed by atoms with Gasteiger partial charge in [-0.15, -0.1) is 0 Å². The van der Waals surface area contributed by atoms with Gasteiger partial charge < -0.3 is 19.5 Å². The Kier molecular flexibility index (Phi) is 5.81. The highest BCUT2D eigenvalue weighted by molar-refractivity contribution is 5.82. The molecule has 0 saturated carbocycles. The molecular formula is C19H28N2O4. The number of carbonyl (C=O) groups excluding carboxylic acids is 1. The van der Waals surface area contributed by atoms with Crippen LogP contribution in [0.2, 0.25) is 0 Å². The molecule has 0 bridgehead atoms. The summed E-state index contributed by atoms with van der Waals surface area (Å²) in [7, 11) is 0. The van der Waals surface area contributed by atoms with Gasteiger partial charge in [-0.1, -0.05) is 26.0 Å². The Morgan fingerprint density at radius 1 is 1.28 bits per heavy atom. The van der Waals surface area contributed by atoms with Crippen LogP contribution in [0.5, 0.6) is 11.5 Å². The van der Waals surface area contributed by atoms with Gasteiger partial charge in [-0.05, 0) is 25.0 Å². The van der Waals surface area contributed by atoms with Crippen molar-refractivity contribution < 1.29 is 19.0 Å². The third kappa shape index (κ3) is 4.64. The minimum absolute atomic E-state index is 0.0172. The molecule has 0 aliphatic carbocycles. The van der Waals surface area contributed by atoms with E-state index in [2.05, 4.69) is 24.1 Å². The van der Waals surface area contributed by atoms with Crippen molar-refractivity contribution in [2.24, 2.45) is 5.92 Å². The Labute approximate surface area is 149 Å². The fourth-order valence-electron chi connectivity index (χ4n) is 3.31. The number of hydrogen-bond donors (Lipinski definition) is 1. The van der Waals surface area contributed by atoms with Crippen LogP contribution in [0.1, 0.15) is 20.8 Å². The maximum Gasteiger partial charge on any atom is 0.265 e. The number of nitrogens with one attached hydrogen (secondary N) is 1. The summed E-state index contributed by atoms with van der Waals surface area (Å²) >= 11 is 0. The summed E-state index contributed by atoms with van der Waals surface area (Å²) in [6.07, 6.45) is -0.964. The van der Waals surface area contributed by atoms with Crippen LogP contribution in [0, 0.1) is 5.92 Å². The summed E-state index contributed by atoms with van der Waals surface area (Å²) in [5, 5.41) is 2.96. The van der Waals surface area contributed by atoms with Crippen LogP contribution in [0.4, 0.5) is 0 Å². The van der Waals surface area contributed by atoms with Gasteiger partial charge in [-0.3, -0.25) is 9.69 Å². The molecule has 6 heteroatoms. The maximum atomic E-state index is 12.5. The number of nitrogens with zero attached hydrogens (tertiary/aromatic N) is 1. The number of para-hydroxylation sites is 2. The second-order valence-electron chi connectivity index (χ2n) is 7.20. The number of fused-ring (bicyclic) bond motifs is 1. The highest BCUT2D eigenvalue weighted by Gasteiger charge is 2.34. The SMILES string of the molecule is CC(C)CN1CCO[C@H](CNC(=O)[C@H]2Oc3ccccc3O[C@H]2C)C1. The lowest BCUT2D eigenvalue weighted by Gasteiger charge is -2.35. The van der Waals surface area contributed by atoms with Gasteiger partial charge in [-0.25, -0.2) is 0 Å². The van der Waals surface area contributed by atoms with E-state index in [0.29, 0.717) is 30.6 Å². The molecule has 2 aliphatic heterocycles. The second kappa shape index (κ2) is 8.06. The van der Waals surface area contributed by atoms with Gasteiger partial charge in [-0.2, -0.15) is 0 Å². The first kappa shape index (κ1) is 18.0. The number of ether oxygens (including phenoxy) is 3. The van der Waals surface area contributed by atoms with Crippen molar-refractivity contribution in [3.05, 3.63) is 24.3 Å². The lowest BCUT2D eigenvalue weighted by Crippen LogP contribution is -2.53. The lowest BCUT2D eigenvalue weighted by molar-refractivity contribution is -0.134. The predicted molar refractivity (Wildman–Crippen MR) is 95.0 cm³/mol. The van der Waals surface area contributed by atoms with Gasteiger partial charge in [0.15, 0.2) is 11.5 Å². The summed E-state index contributed by atoms with van der Waals surface area (Å²) < 4.78 is 17.4. The fraction of sp³-hybridized carbons (Fsp3) is 0.632. The first-order valence-electron chi connectivity index (χ1n) is 9.07. The molecule has 2 heterocycles. The smallest absolute Gasteiger partial charge is 0.265 e. The number of benzene rings is 1. The molecule has 6 nitrogen and oxygen atoms in total. The molecule has 1 fully saturated rings. The van der Waals surface area contributed by atoms with Crippen LogP contribution in [0.3, 0.4) is 0 Å². The number of carbonyl (C=O) groups is 1. The number of hydrogen-bond acceptors (Lipinski definition) is 5. The van der Waals surface area contributed by atoms with E-state index < -0.39 is 6.10 Å². The third-order valence-electron chi connectivity index (χ3n) is 4.45. The summed E-state index contributed by atoms with van der Waals surface area (Å²) in [6, 6.07) is 7.42. The zero-order chi connectivity index (χ0) is 17.8. The maximum absolute atomic E-state index is 12.5. The van der Waals surface area contributed by atoms with Crippen LogP contribution in [0.15, 0.2) is 24.3 Å². The van der Waals surface area contributed by atoms with Crippen molar-refractivity contribution in [1.82, 2.24) is 10.2 Å². The average molecular weight is 348 g/mol. The molecule has 0 unspecified atom stereocenters. The number of rotatable bonds is 5. The minimum Gasteiger partial charge on any atom is -0.482 e. The summed E-state index contributed by atoms with van der Waals surface area (Å²) in [4.78, 5) is 14.9. The zero-order valence-electron chi connectivity index (χ0n) is 15.2. The Morgan fingerprint density at radius 2 is 2.00 bits per heavy atom. The predicted octanol–water partition coefficient (Wildman–Crippen LogP) is 1.69.